The molecule has 0 aliphatic carbocycles. The molecule has 0 amide bonds. The Bertz CT molecular complexity index is 959. The van der Waals surface area contributed by atoms with Gasteiger partial charge in [-0.05, 0) is 47.4 Å². The summed E-state index contributed by atoms with van der Waals surface area (Å²) in [6.07, 6.45) is 1.46. The fourth-order valence-electron chi connectivity index (χ4n) is 2.80. The minimum atomic E-state index is 0. The number of nitrogens with zero attached hydrogens (tertiary/aromatic N) is 4. The SMILES string of the molecule is CN=C(NCCCc1nn(-c2ccccc2)c(N)c1C#N)NCc1ccsc1.I. The quantitative estimate of drug-likeness (QED) is 0.192. The predicted molar refractivity (Wildman–Crippen MR) is 129 cm³/mol. The van der Waals surface area contributed by atoms with Crippen molar-refractivity contribution in [3.63, 3.8) is 0 Å². The molecule has 29 heavy (non-hydrogen) atoms. The Kier molecular flexibility index (Phi) is 8.95. The molecule has 2 aromatic heterocycles. The average Bonchev–Trinajstić information content (AvgIpc) is 3.35. The Morgan fingerprint density at radius 2 is 2.07 bits per heavy atom. The number of nitrogen functional groups attached to an aromatic ring is 1. The van der Waals surface area contributed by atoms with Crippen LogP contribution in [0.1, 0.15) is 23.2 Å². The van der Waals surface area contributed by atoms with E-state index >= 15 is 0 Å². The van der Waals surface area contributed by atoms with Crippen molar-refractivity contribution in [1.29, 1.82) is 5.26 Å². The molecule has 0 unspecified atom stereocenters. The van der Waals surface area contributed by atoms with Crippen LogP contribution in [0, 0.1) is 11.3 Å². The first kappa shape index (κ1) is 22.7. The number of halogens is 1. The zero-order valence-corrected chi connectivity index (χ0v) is 19.3. The molecule has 0 radical (unpaired) electrons. The number of nitrogens with one attached hydrogen (secondary N) is 2. The first-order valence-electron chi connectivity index (χ1n) is 9.01. The van der Waals surface area contributed by atoms with Gasteiger partial charge in [0, 0.05) is 20.1 Å². The second-order valence-corrected chi connectivity index (χ2v) is 6.93. The van der Waals surface area contributed by atoms with Crippen LogP contribution < -0.4 is 16.4 Å². The van der Waals surface area contributed by atoms with Crippen molar-refractivity contribution < 1.29 is 0 Å². The van der Waals surface area contributed by atoms with Crippen LogP contribution in [-0.2, 0) is 13.0 Å². The number of hydrogen-bond acceptors (Lipinski definition) is 5. The predicted octanol–water partition coefficient (Wildman–Crippen LogP) is 3.30. The van der Waals surface area contributed by atoms with Gasteiger partial charge in [0.2, 0.25) is 0 Å². The van der Waals surface area contributed by atoms with Crippen molar-refractivity contribution in [3.05, 3.63) is 64.0 Å². The average molecular weight is 521 g/mol. The maximum Gasteiger partial charge on any atom is 0.191 e. The lowest BCUT2D eigenvalue weighted by atomic mass is 10.1. The second-order valence-electron chi connectivity index (χ2n) is 6.15. The highest BCUT2D eigenvalue weighted by Gasteiger charge is 2.16. The van der Waals surface area contributed by atoms with Crippen LogP contribution in [0.15, 0.2) is 52.2 Å². The molecule has 4 N–H and O–H groups in total. The van der Waals surface area contributed by atoms with E-state index in [1.807, 2.05) is 30.3 Å². The van der Waals surface area contributed by atoms with E-state index in [1.165, 1.54) is 5.56 Å². The summed E-state index contributed by atoms with van der Waals surface area (Å²) < 4.78 is 1.63. The molecule has 9 heteroatoms. The van der Waals surface area contributed by atoms with Gasteiger partial charge < -0.3 is 16.4 Å². The summed E-state index contributed by atoms with van der Waals surface area (Å²) in [5, 5.41) is 24.8. The van der Waals surface area contributed by atoms with Crippen LogP contribution in [0.5, 0.6) is 0 Å². The lowest BCUT2D eigenvalue weighted by molar-refractivity contribution is 0.722. The van der Waals surface area contributed by atoms with Gasteiger partial charge in [-0.3, -0.25) is 4.99 Å². The number of aryl methyl sites for hydroxylation is 1. The molecule has 7 nitrogen and oxygen atoms in total. The molecule has 3 rings (SSSR count). The van der Waals surface area contributed by atoms with Crippen LogP contribution in [-0.4, -0.2) is 29.3 Å². The lowest BCUT2D eigenvalue weighted by Crippen LogP contribution is -2.37. The van der Waals surface area contributed by atoms with Gasteiger partial charge in [-0.1, -0.05) is 18.2 Å². The van der Waals surface area contributed by atoms with E-state index in [4.69, 9.17) is 5.73 Å². The summed E-state index contributed by atoms with van der Waals surface area (Å²) in [4.78, 5) is 4.23. The number of aliphatic imine (C=N–C) groups is 1. The van der Waals surface area contributed by atoms with Gasteiger partial charge in [0.15, 0.2) is 5.96 Å². The van der Waals surface area contributed by atoms with Crippen LogP contribution in [0.2, 0.25) is 0 Å². The molecule has 0 atom stereocenters. The minimum Gasteiger partial charge on any atom is -0.382 e. The fraction of sp³-hybridized carbons (Fsp3) is 0.250. The molecular weight excluding hydrogens is 497 g/mol. The lowest BCUT2D eigenvalue weighted by Gasteiger charge is -2.10. The smallest absolute Gasteiger partial charge is 0.191 e. The summed E-state index contributed by atoms with van der Waals surface area (Å²) in [7, 11) is 1.75. The standard InChI is InChI=1S/C20H23N7S.HI/c1-23-20(25-13-15-9-11-28-14-15)24-10-5-8-18-17(12-21)19(22)27(26-18)16-6-3-2-4-7-16;/h2-4,6-7,9,11,14H,5,8,10,13,22H2,1H3,(H2,23,24,25);1H. The number of anilines is 1. The maximum atomic E-state index is 9.48. The molecule has 1 aromatic carbocycles. The Morgan fingerprint density at radius 1 is 1.28 bits per heavy atom. The Labute approximate surface area is 191 Å². The number of rotatable bonds is 7. The van der Waals surface area contributed by atoms with E-state index in [0.717, 1.165) is 24.6 Å². The van der Waals surface area contributed by atoms with Crippen molar-refractivity contribution in [3.8, 4) is 11.8 Å². The summed E-state index contributed by atoms with van der Waals surface area (Å²) in [6, 6.07) is 13.9. The van der Waals surface area contributed by atoms with Gasteiger partial charge in [-0.2, -0.15) is 21.7 Å². The van der Waals surface area contributed by atoms with Crippen LogP contribution in [0.25, 0.3) is 5.69 Å². The molecule has 3 aromatic rings. The first-order chi connectivity index (χ1) is 13.7. The van der Waals surface area contributed by atoms with Crippen molar-refractivity contribution >= 4 is 47.1 Å². The zero-order valence-electron chi connectivity index (χ0n) is 16.1. The summed E-state index contributed by atoms with van der Waals surface area (Å²) in [6.45, 7) is 1.45. The fourth-order valence-corrected chi connectivity index (χ4v) is 3.47. The van der Waals surface area contributed by atoms with Gasteiger partial charge in [-0.15, -0.1) is 24.0 Å². The van der Waals surface area contributed by atoms with Crippen molar-refractivity contribution in [2.75, 3.05) is 19.3 Å². The highest BCUT2D eigenvalue weighted by molar-refractivity contribution is 14.0. The Hall–Kier alpha value is -2.58. The third-order valence-corrected chi connectivity index (χ3v) is 4.98. The molecule has 0 bridgehead atoms. The van der Waals surface area contributed by atoms with Gasteiger partial charge in [0.25, 0.3) is 0 Å². The molecule has 0 saturated carbocycles. The number of guanidine groups is 1. The topological polar surface area (TPSA) is 104 Å². The summed E-state index contributed by atoms with van der Waals surface area (Å²) in [5.41, 5.74) is 9.38. The van der Waals surface area contributed by atoms with Gasteiger partial charge in [-0.25, -0.2) is 4.68 Å². The number of thiophene rings is 1. The van der Waals surface area contributed by atoms with E-state index in [2.05, 4.69) is 43.6 Å². The maximum absolute atomic E-state index is 9.48. The first-order valence-corrected chi connectivity index (χ1v) is 9.95. The highest BCUT2D eigenvalue weighted by atomic mass is 127. The third-order valence-electron chi connectivity index (χ3n) is 4.25. The van der Waals surface area contributed by atoms with Crippen LogP contribution in [0.4, 0.5) is 5.82 Å². The van der Waals surface area contributed by atoms with Gasteiger partial charge >= 0.3 is 0 Å². The molecular formula is C20H24IN7S. The highest BCUT2D eigenvalue weighted by Crippen LogP contribution is 2.21. The van der Waals surface area contributed by atoms with Crippen molar-refractivity contribution in [1.82, 2.24) is 20.4 Å². The third kappa shape index (κ3) is 5.95. The molecule has 0 saturated heterocycles. The number of aromatic nitrogens is 2. The minimum absolute atomic E-state index is 0. The summed E-state index contributed by atoms with van der Waals surface area (Å²) >= 11 is 1.68. The number of nitrogens with two attached hydrogens (primary N) is 1. The van der Waals surface area contributed by atoms with E-state index in [1.54, 1.807) is 23.1 Å². The van der Waals surface area contributed by atoms with E-state index in [0.29, 0.717) is 30.0 Å². The molecule has 0 aliphatic rings. The van der Waals surface area contributed by atoms with Crippen LogP contribution in [0.3, 0.4) is 0 Å². The number of benzene rings is 1. The van der Waals surface area contributed by atoms with Gasteiger partial charge in [0.05, 0.1) is 11.4 Å². The van der Waals surface area contributed by atoms with Gasteiger partial charge in [0.1, 0.15) is 17.5 Å². The number of para-hydroxylation sites is 1. The molecule has 0 aliphatic heterocycles. The Balaban J connectivity index is 0.00000300. The van der Waals surface area contributed by atoms with E-state index < -0.39 is 0 Å². The van der Waals surface area contributed by atoms with Crippen molar-refractivity contribution in [2.24, 2.45) is 4.99 Å². The summed E-state index contributed by atoms with van der Waals surface area (Å²) in [5.74, 6) is 1.13. The monoisotopic (exact) mass is 521 g/mol. The van der Waals surface area contributed by atoms with Crippen molar-refractivity contribution in [2.45, 2.75) is 19.4 Å². The Morgan fingerprint density at radius 3 is 2.72 bits per heavy atom. The zero-order chi connectivity index (χ0) is 19.8. The van der Waals surface area contributed by atoms with E-state index in [-0.39, 0.29) is 24.0 Å². The molecule has 0 fully saturated rings. The number of nitriles is 1. The largest absolute Gasteiger partial charge is 0.382 e. The van der Waals surface area contributed by atoms with Crippen LogP contribution >= 0.6 is 35.3 Å². The number of hydrogen-bond donors (Lipinski definition) is 3. The molecule has 0 spiro atoms. The normalized spacial score (nSPS) is 10.8. The molecule has 2 heterocycles. The second kappa shape index (κ2) is 11.4. The molecule has 152 valence electrons. The van der Waals surface area contributed by atoms with E-state index in [9.17, 15) is 5.26 Å².